The first kappa shape index (κ1) is 40.3. The van der Waals surface area contributed by atoms with Crippen LogP contribution in [0.15, 0.2) is 83.4 Å². The van der Waals surface area contributed by atoms with Gasteiger partial charge in [0.2, 0.25) is 0 Å². The number of sulfone groups is 1. The number of hydrogen-bond acceptors (Lipinski definition) is 10. The lowest BCUT2D eigenvalue weighted by molar-refractivity contribution is -0.144. The van der Waals surface area contributed by atoms with Gasteiger partial charge in [0.1, 0.15) is 29.8 Å². The molecule has 282 valence electrons. The van der Waals surface area contributed by atoms with E-state index in [0.29, 0.717) is 68.5 Å². The third kappa shape index (κ3) is 13.6. The monoisotopic (exact) mass is 736 g/mol. The van der Waals surface area contributed by atoms with Gasteiger partial charge in [-0.15, -0.1) is 0 Å². The molecule has 1 aliphatic carbocycles. The van der Waals surface area contributed by atoms with Gasteiger partial charge in [0.15, 0.2) is 15.6 Å². The van der Waals surface area contributed by atoms with Crippen molar-refractivity contribution >= 4 is 27.5 Å². The Hall–Kier alpha value is -4.51. The lowest BCUT2D eigenvalue weighted by atomic mass is 9.96. The first-order chi connectivity index (χ1) is 25.2. The van der Waals surface area contributed by atoms with Crippen molar-refractivity contribution in [3.05, 3.63) is 95.2 Å². The maximum atomic E-state index is 12.6. The van der Waals surface area contributed by atoms with Crippen LogP contribution < -0.4 is 9.47 Å². The summed E-state index contributed by atoms with van der Waals surface area (Å²) in [4.78, 5) is 24.0. The van der Waals surface area contributed by atoms with Crippen LogP contribution in [0.5, 0.6) is 11.5 Å². The molecule has 0 unspecified atom stereocenters. The predicted molar refractivity (Wildman–Crippen MR) is 199 cm³/mol. The van der Waals surface area contributed by atoms with Gasteiger partial charge in [0, 0.05) is 31.1 Å². The number of ether oxygens (including phenoxy) is 6. The van der Waals surface area contributed by atoms with Crippen LogP contribution in [-0.2, 0) is 51.2 Å². The van der Waals surface area contributed by atoms with Gasteiger partial charge in [-0.25, -0.2) is 8.42 Å². The number of rotatable bonds is 22. The maximum Gasteiger partial charge on any atom is 0.306 e. The SMILES string of the molecule is CCOC(=O)CCCOc1cccc(CCCCCCOc2cc(C3=COC=C(CC4=CC=CCC4)O3)cc(S(C)(=O)=O)c2)c1CCC(=O)OCC. The molecule has 0 amide bonds. The number of esters is 2. The maximum absolute atomic E-state index is 12.6. The molecule has 2 aromatic carbocycles. The molecule has 0 N–H and O–H groups in total. The third-order valence-corrected chi connectivity index (χ3v) is 9.61. The molecule has 0 spiro atoms. The zero-order valence-corrected chi connectivity index (χ0v) is 31.5. The van der Waals surface area contributed by atoms with E-state index in [4.69, 9.17) is 28.4 Å². The second kappa shape index (κ2) is 21.1. The van der Waals surface area contributed by atoms with Crippen molar-refractivity contribution in [2.24, 2.45) is 0 Å². The van der Waals surface area contributed by atoms with Crippen LogP contribution in [0.3, 0.4) is 0 Å². The Morgan fingerprint density at radius 1 is 0.846 bits per heavy atom. The van der Waals surface area contributed by atoms with Crippen molar-refractivity contribution in [3.63, 3.8) is 0 Å². The Labute approximate surface area is 308 Å². The summed E-state index contributed by atoms with van der Waals surface area (Å²) in [6, 6.07) is 10.8. The van der Waals surface area contributed by atoms with Crippen molar-refractivity contribution in [2.75, 3.05) is 32.7 Å². The highest BCUT2D eigenvalue weighted by molar-refractivity contribution is 7.90. The van der Waals surface area contributed by atoms with Crippen LogP contribution in [0.1, 0.15) is 94.7 Å². The number of benzene rings is 2. The molecule has 11 heteroatoms. The Morgan fingerprint density at radius 2 is 1.62 bits per heavy atom. The van der Waals surface area contributed by atoms with Crippen molar-refractivity contribution in [1.82, 2.24) is 0 Å². The van der Waals surface area contributed by atoms with Crippen LogP contribution in [0, 0.1) is 0 Å². The molecule has 2 aromatic rings. The summed E-state index contributed by atoms with van der Waals surface area (Å²) in [7, 11) is -3.51. The van der Waals surface area contributed by atoms with E-state index in [1.165, 1.54) is 18.1 Å². The van der Waals surface area contributed by atoms with Crippen LogP contribution in [0.25, 0.3) is 5.76 Å². The fraction of sp³-hybridized carbons (Fsp3) is 0.463. The summed E-state index contributed by atoms with van der Waals surface area (Å²) >= 11 is 0. The van der Waals surface area contributed by atoms with Crippen LogP contribution in [-0.4, -0.2) is 53.0 Å². The first-order valence-corrected chi connectivity index (χ1v) is 20.2. The highest BCUT2D eigenvalue weighted by atomic mass is 32.2. The Bertz CT molecular complexity index is 1740. The lowest BCUT2D eigenvalue weighted by Crippen LogP contribution is -2.10. The normalized spacial score (nSPS) is 13.9. The first-order valence-electron chi connectivity index (χ1n) is 18.3. The molecule has 0 atom stereocenters. The molecule has 4 rings (SSSR count). The number of unbranched alkanes of at least 4 members (excludes halogenated alkanes) is 3. The van der Waals surface area contributed by atoms with Crippen LogP contribution in [0.4, 0.5) is 0 Å². The fourth-order valence-corrected chi connectivity index (χ4v) is 6.59. The number of hydrogen-bond donors (Lipinski definition) is 0. The van der Waals surface area contributed by atoms with Gasteiger partial charge >= 0.3 is 11.9 Å². The van der Waals surface area contributed by atoms with Crippen molar-refractivity contribution < 1.29 is 46.4 Å². The summed E-state index contributed by atoms with van der Waals surface area (Å²) < 4.78 is 59.1. The zero-order valence-electron chi connectivity index (χ0n) is 30.7. The van der Waals surface area contributed by atoms with E-state index in [0.717, 1.165) is 61.8 Å². The van der Waals surface area contributed by atoms with E-state index in [2.05, 4.69) is 18.2 Å². The summed E-state index contributed by atoms with van der Waals surface area (Å²) in [6.45, 7) is 5.06. The van der Waals surface area contributed by atoms with E-state index >= 15 is 0 Å². The van der Waals surface area contributed by atoms with E-state index in [1.807, 2.05) is 18.2 Å². The zero-order chi connectivity index (χ0) is 37.2. The van der Waals surface area contributed by atoms with Crippen LogP contribution in [0.2, 0.25) is 0 Å². The Balaban J connectivity index is 1.29. The fourth-order valence-electron chi connectivity index (χ4n) is 5.92. The van der Waals surface area contributed by atoms with E-state index in [9.17, 15) is 18.0 Å². The minimum Gasteiger partial charge on any atom is -0.494 e. The van der Waals surface area contributed by atoms with Gasteiger partial charge in [0.05, 0.1) is 31.3 Å². The van der Waals surface area contributed by atoms with Gasteiger partial charge in [-0.3, -0.25) is 9.59 Å². The standard InChI is InChI=1S/C41H52O10S/c1-4-47-40(42)20-14-24-50-38-19-13-18-32(37(38)21-22-41(43)48-5-2)17-11-6-7-12-23-49-34-26-33(27-36(28-34)52(3,44)45)39-30-46-29-35(51-39)25-31-15-9-8-10-16-31/h8-9,13,15,18-19,26-30H,4-7,10-12,14,16-17,20-25H2,1-3H3. The molecule has 0 fully saturated rings. The summed E-state index contributed by atoms with van der Waals surface area (Å²) in [5.41, 5.74) is 3.92. The summed E-state index contributed by atoms with van der Waals surface area (Å²) in [5, 5.41) is 0. The van der Waals surface area contributed by atoms with Crippen molar-refractivity contribution in [1.29, 1.82) is 0 Å². The minimum atomic E-state index is -3.51. The second-order valence-electron chi connectivity index (χ2n) is 12.7. The number of aryl methyl sites for hydroxylation is 1. The molecule has 2 aliphatic rings. The van der Waals surface area contributed by atoms with Crippen molar-refractivity contribution in [3.8, 4) is 11.5 Å². The topological polar surface area (TPSA) is 124 Å². The molecule has 0 bridgehead atoms. The highest BCUT2D eigenvalue weighted by Crippen LogP contribution is 2.32. The van der Waals surface area contributed by atoms with E-state index < -0.39 is 9.84 Å². The molecule has 1 heterocycles. The van der Waals surface area contributed by atoms with E-state index in [1.54, 1.807) is 38.3 Å². The third-order valence-electron chi connectivity index (χ3n) is 8.52. The molecule has 10 nitrogen and oxygen atoms in total. The number of carbonyl (C=O) groups is 2. The van der Waals surface area contributed by atoms with Crippen LogP contribution >= 0.6 is 0 Å². The quantitative estimate of drug-likeness (QED) is 0.0861. The van der Waals surface area contributed by atoms with Gasteiger partial charge in [-0.2, -0.15) is 0 Å². The Morgan fingerprint density at radius 3 is 2.37 bits per heavy atom. The van der Waals surface area contributed by atoms with Gasteiger partial charge < -0.3 is 28.4 Å². The molecule has 0 radical (unpaired) electrons. The second-order valence-corrected chi connectivity index (χ2v) is 14.7. The largest absolute Gasteiger partial charge is 0.494 e. The average Bonchev–Trinajstić information content (AvgIpc) is 3.13. The Kier molecular flexibility index (Phi) is 16.4. The summed E-state index contributed by atoms with van der Waals surface area (Å²) in [6.07, 6.45) is 19.0. The van der Waals surface area contributed by atoms with Crippen molar-refractivity contribution in [2.45, 2.75) is 95.8 Å². The summed E-state index contributed by atoms with van der Waals surface area (Å²) in [5.74, 6) is 1.76. The van der Waals surface area contributed by atoms with Gasteiger partial charge in [-0.1, -0.05) is 48.8 Å². The van der Waals surface area contributed by atoms with Gasteiger partial charge in [0.25, 0.3) is 0 Å². The smallest absolute Gasteiger partial charge is 0.306 e. The molecule has 0 saturated heterocycles. The number of carbonyl (C=O) groups excluding carboxylic acids is 2. The molecule has 0 saturated carbocycles. The highest BCUT2D eigenvalue weighted by Gasteiger charge is 2.19. The molecular formula is C41H52O10S. The average molecular weight is 737 g/mol. The molecule has 52 heavy (non-hydrogen) atoms. The lowest BCUT2D eigenvalue weighted by Gasteiger charge is -2.19. The predicted octanol–water partition coefficient (Wildman–Crippen LogP) is 8.34. The molecular weight excluding hydrogens is 685 g/mol. The molecule has 0 aromatic heterocycles. The van der Waals surface area contributed by atoms with E-state index in [-0.39, 0.29) is 29.7 Å². The minimum absolute atomic E-state index is 0.143. The molecule has 1 aliphatic heterocycles. The van der Waals surface area contributed by atoms with Gasteiger partial charge in [-0.05, 0) is 94.2 Å². The number of allylic oxidation sites excluding steroid dienone is 4.